The highest BCUT2D eigenvalue weighted by atomic mass is 32.2. The molecule has 0 radical (unpaired) electrons. The second-order valence-electron chi connectivity index (χ2n) is 6.61. The number of ether oxygens (including phenoxy) is 2. The number of aromatic nitrogens is 3. The Labute approximate surface area is 173 Å². The van der Waals surface area contributed by atoms with E-state index < -0.39 is 0 Å². The van der Waals surface area contributed by atoms with E-state index in [-0.39, 0.29) is 17.9 Å². The predicted molar refractivity (Wildman–Crippen MR) is 108 cm³/mol. The van der Waals surface area contributed by atoms with E-state index in [4.69, 9.17) is 9.47 Å². The van der Waals surface area contributed by atoms with Gasteiger partial charge in [-0.25, -0.2) is 0 Å². The number of carbonyl (C=O) groups is 2. The van der Waals surface area contributed by atoms with Crippen LogP contribution in [0.25, 0.3) is 0 Å². The molecule has 2 heterocycles. The van der Waals surface area contributed by atoms with E-state index in [9.17, 15) is 9.59 Å². The molecular formula is C19H25N5O4S. The lowest BCUT2D eigenvalue weighted by atomic mass is 10.2. The van der Waals surface area contributed by atoms with Crippen LogP contribution in [-0.4, -0.2) is 70.6 Å². The molecule has 0 unspecified atom stereocenters. The summed E-state index contributed by atoms with van der Waals surface area (Å²) in [7, 11) is 3.41. The van der Waals surface area contributed by atoms with Gasteiger partial charge in [0.15, 0.2) is 11.0 Å². The molecule has 1 aliphatic rings. The number of hydrogen-bond donors (Lipinski definition) is 1. The first-order chi connectivity index (χ1) is 14.0. The fraction of sp³-hybridized carbons (Fsp3) is 0.474. The number of hydrogen-bond acceptors (Lipinski definition) is 7. The van der Waals surface area contributed by atoms with Gasteiger partial charge in [-0.3, -0.25) is 9.59 Å². The standard InChI is InChI=1S/C19H25N5O4S/c1-13(20-18(26)14-4-6-15(27-3)7-5-14)17-21-22-19(23(17)2)29-12-16(25)24-8-10-28-11-9-24/h4-7,13H,8-12H2,1-3H3,(H,20,26)/t13-/m0/s1. The lowest BCUT2D eigenvalue weighted by Gasteiger charge is -2.26. The van der Waals surface area contributed by atoms with Crippen LogP contribution in [0, 0.1) is 0 Å². The largest absolute Gasteiger partial charge is 0.497 e. The number of benzene rings is 1. The normalized spacial score (nSPS) is 15.1. The second kappa shape index (κ2) is 9.75. The Balaban J connectivity index is 1.57. The van der Waals surface area contributed by atoms with Crippen LogP contribution in [0.4, 0.5) is 0 Å². The van der Waals surface area contributed by atoms with E-state index in [0.29, 0.717) is 54.3 Å². The molecule has 1 aromatic heterocycles. The fourth-order valence-corrected chi connectivity index (χ4v) is 3.77. The topological polar surface area (TPSA) is 98.6 Å². The first-order valence-electron chi connectivity index (χ1n) is 9.32. The van der Waals surface area contributed by atoms with Gasteiger partial charge in [0.2, 0.25) is 5.91 Å². The van der Waals surface area contributed by atoms with Crippen LogP contribution in [0.5, 0.6) is 5.75 Å². The number of rotatable bonds is 7. The summed E-state index contributed by atoms with van der Waals surface area (Å²) in [6.07, 6.45) is 0. The molecule has 0 saturated carbocycles. The number of thioether (sulfide) groups is 1. The molecule has 2 aromatic rings. The summed E-state index contributed by atoms with van der Waals surface area (Å²) >= 11 is 1.34. The van der Waals surface area contributed by atoms with Crippen molar-refractivity contribution in [1.29, 1.82) is 0 Å². The Hall–Kier alpha value is -2.59. The third-order valence-electron chi connectivity index (χ3n) is 4.64. The minimum atomic E-state index is -0.341. The predicted octanol–water partition coefficient (Wildman–Crippen LogP) is 1.27. The molecule has 1 atom stereocenters. The maximum absolute atomic E-state index is 12.5. The van der Waals surface area contributed by atoms with Crippen molar-refractivity contribution in [3.05, 3.63) is 35.7 Å². The van der Waals surface area contributed by atoms with E-state index in [1.807, 2.05) is 14.0 Å². The molecule has 0 spiro atoms. The summed E-state index contributed by atoms with van der Waals surface area (Å²) in [5.74, 6) is 1.45. The highest BCUT2D eigenvalue weighted by molar-refractivity contribution is 7.99. The third-order valence-corrected chi connectivity index (χ3v) is 5.65. The van der Waals surface area contributed by atoms with Crippen LogP contribution < -0.4 is 10.1 Å². The SMILES string of the molecule is COc1ccc(C(=O)N[C@@H](C)c2nnc(SCC(=O)N3CCOCC3)n2C)cc1. The van der Waals surface area contributed by atoms with Crippen LogP contribution in [-0.2, 0) is 16.6 Å². The lowest BCUT2D eigenvalue weighted by molar-refractivity contribution is -0.132. The third kappa shape index (κ3) is 5.27. The van der Waals surface area contributed by atoms with Gasteiger partial charge >= 0.3 is 0 Å². The van der Waals surface area contributed by atoms with Gasteiger partial charge in [0.25, 0.3) is 5.91 Å². The van der Waals surface area contributed by atoms with E-state index in [1.165, 1.54) is 11.8 Å². The summed E-state index contributed by atoms with van der Waals surface area (Å²) in [4.78, 5) is 26.6. The zero-order valence-electron chi connectivity index (χ0n) is 16.8. The number of carbonyl (C=O) groups excluding carboxylic acids is 2. The average molecular weight is 420 g/mol. The van der Waals surface area contributed by atoms with Crippen LogP contribution in [0.2, 0.25) is 0 Å². The van der Waals surface area contributed by atoms with Crippen molar-refractivity contribution in [1.82, 2.24) is 25.0 Å². The van der Waals surface area contributed by atoms with Crippen LogP contribution in [0.1, 0.15) is 29.1 Å². The summed E-state index contributed by atoms with van der Waals surface area (Å²) in [6.45, 7) is 4.25. The molecule has 1 saturated heterocycles. The van der Waals surface area contributed by atoms with Crippen molar-refractivity contribution in [2.45, 2.75) is 18.1 Å². The first-order valence-corrected chi connectivity index (χ1v) is 10.3. The molecule has 1 N–H and O–H groups in total. The number of nitrogens with zero attached hydrogens (tertiary/aromatic N) is 4. The maximum Gasteiger partial charge on any atom is 0.251 e. The monoisotopic (exact) mass is 419 g/mol. The zero-order chi connectivity index (χ0) is 20.8. The van der Waals surface area contributed by atoms with Crippen molar-refractivity contribution < 1.29 is 19.1 Å². The van der Waals surface area contributed by atoms with Gasteiger partial charge in [-0.1, -0.05) is 11.8 Å². The smallest absolute Gasteiger partial charge is 0.251 e. The van der Waals surface area contributed by atoms with E-state index in [2.05, 4.69) is 15.5 Å². The Bertz CT molecular complexity index is 849. The van der Waals surface area contributed by atoms with Crippen molar-refractivity contribution in [3.63, 3.8) is 0 Å². The van der Waals surface area contributed by atoms with Crippen LogP contribution in [0.15, 0.2) is 29.4 Å². The van der Waals surface area contributed by atoms with Crippen molar-refractivity contribution in [3.8, 4) is 5.75 Å². The molecule has 9 nitrogen and oxygen atoms in total. The summed E-state index contributed by atoms with van der Waals surface area (Å²) in [5, 5.41) is 11.9. The maximum atomic E-state index is 12.5. The van der Waals surface area contributed by atoms with Gasteiger partial charge < -0.3 is 24.3 Å². The number of methoxy groups -OCH3 is 1. The molecule has 0 bridgehead atoms. The van der Waals surface area contributed by atoms with Crippen molar-refractivity contribution in [2.75, 3.05) is 39.2 Å². The summed E-state index contributed by atoms with van der Waals surface area (Å²) in [6, 6.07) is 6.54. The van der Waals surface area contributed by atoms with Crippen molar-refractivity contribution in [2.24, 2.45) is 7.05 Å². The Morgan fingerprint density at radius 3 is 2.59 bits per heavy atom. The molecule has 29 heavy (non-hydrogen) atoms. The zero-order valence-corrected chi connectivity index (χ0v) is 17.6. The van der Waals surface area contributed by atoms with Gasteiger partial charge in [-0.05, 0) is 31.2 Å². The molecule has 2 amide bonds. The van der Waals surface area contributed by atoms with Gasteiger partial charge in [0.05, 0.1) is 32.1 Å². The van der Waals surface area contributed by atoms with E-state index in [0.717, 1.165) is 0 Å². The molecule has 1 aliphatic heterocycles. The Morgan fingerprint density at radius 1 is 1.24 bits per heavy atom. The quantitative estimate of drug-likeness (QED) is 0.675. The summed E-state index contributed by atoms with van der Waals surface area (Å²) < 4.78 is 12.2. The van der Waals surface area contributed by atoms with Gasteiger partial charge in [0.1, 0.15) is 5.75 Å². The molecule has 3 rings (SSSR count). The first kappa shape index (κ1) is 21.1. The van der Waals surface area contributed by atoms with Crippen molar-refractivity contribution >= 4 is 23.6 Å². The molecule has 0 aliphatic carbocycles. The molecule has 1 fully saturated rings. The molecule has 156 valence electrons. The molecule has 1 aromatic carbocycles. The van der Waals surface area contributed by atoms with Crippen LogP contribution >= 0.6 is 11.8 Å². The number of amides is 2. The van der Waals surface area contributed by atoms with Gasteiger partial charge in [-0.15, -0.1) is 10.2 Å². The second-order valence-corrected chi connectivity index (χ2v) is 7.55. The minimum absolute atomic E-state index is 0.0590. The van der Waals surface area contributed by atoms with Gasteiger partial charge in [-0.2, -0.15) is 0 Å². The number of nitrogens with one attached hydrogen (secondary N) is 1. The highest BCUT2D eigenvalue weighted by Crippen LogP contribution is 2.20. The fourth-order valence-electron chi connectivity index (χ4n) is 2.95. The van der Waals surface area contributed by atoms with Crippen LogP contribution in [0.3, 0.4) is 0 Å². The Morgan fingerprint density at radius 2 is 1.93 bits per heavy atom. The molecule has 10 heteroatoms. The van der Waals surface area contributed by atoms with Gasteiger partial charge in [0, 0.05) is 25.7 Å². The number of morpholine rings is 1. The lowest BCUT2D eigenvalue weighted by Crippen LogP contribution is -2.41. The minimum Gasteiger partial charge on any atom is -0.497 e. The average Bonchev–Trinajstić information content (AvgIpc) is 3.13. The van der Waals surface area contributed by atoms with E-state index in [1.54, 1.807) is 40.8 Å². The van der Waals surface area contributed by atoms with E-state index >= 15 is 0 Å². The highest BCUT2D eigenvalue weighted by Gasteiger charge is 2.21. The Kier molecular flexibility index (Phi) is 7.10. The summed E-state index contributed by atoms with van der Waals surface area (Å²) in [5.41, 5.74) is 0.533. The molecular weight excluding hydrogens is 394 g/mol.